The summed E-state index contributed by atoms with van der Waals surface area (Å²) in [4.78, 5) is 4.15. The van der Waals surface area contributed by atoms with Gasteiger partial charge in [-0.2, -0.15) is 0 Å². The van der Waals surface area contributed by atoms with Gasteiger partial charge >= 0.3 is 0 Å². The summed E-state index contributed by atoms with van der Waals surface area (Å²) in [5, 5.41) is 9.28. The largest absolute Gasteiger partial charge is 0.457 e. The summed E-state index contributed by atoms with van der Waals surface area (Å²) < 4.78 is 5.87. The highest BCUT2D eigenvalue weighted by Crippen LogP contribution is 2.28. The van der Waals surface area contributed by atoms with Gasteiger partial charge < -0.3 is 9.84 Å². The zero-order chi connectivity index (χ0) is 13.1. The zero-order valence-corrected chi connectivity index (χ0v) is 10.9. The third-order valence-electron chi connectivity index (χ3n) is 2.80. The smallest absolute Gasteiger partial charge is 0.136 e. The molecule has 1 aromatic heterocycles. The molecular formula is C15H17NO2. The van der Waals surface area contributed by atoms with Crippen molar-refractivity contribution in [3.05, 3.63) is 52.8 Å². The number of nitrogens with zero attached hydrogens (tertiary/aromatic N) is 1. The van der Waals surface area contributed by atoms with E-state index in [1.54, 1.807) is 6.20 Å². The van der Waals surface area contributed by atoms with E-state index in [-0.39, 0.29) is 6.61 Å². The Kier molecular flexibility index (Phi) is 3.63. The molecule has 2 aromatic rings. The second-order valence-electron chi connectivity index (χ2n) is 4.46. The van der Waals surface area contributed by atoms with Gasteiger partial charge in [-0.15, -0.1) is 0 Å². The molecule has 0 radical (unpaired) electrons. The normalized spacial score (nSPS) is 10.4. The van der Waals surface area contributed by atoms with Crippen LogP contribution in [0.5, 0.6) is 11.5 Å². The number of pyridine rings is 1. The summed E-state index contributed by atoms with van der Waals surface area (Å²) in [6, 6.07) is 7.86. The highest BCUT2D eigenvalue weighted by atomic mass is 16.5. The van der Waals surface area contributed by atoms with Crippen molar-refractivity contribution in [3.63, 3.8) is 0 Å². The van der Waals surface area contributed by atoms with Crippen molar-refractivity contribution in [2.24, 2.45) is 0 Å². The fourth-order valence-corrected chi connectivity index (χ4v) is 1.81. The lowest BCUT2D eigenvalue weighted by Crippen LogP contribution is -1.96. The lowest BCUT2D eigenvalue weighted by atomic mass is 10.1. The van der Waals surface area contributed by atoms with E-state index in [9.17, 15) is 5.11 Å². The predicted octanol–water partition coefficient (Wildman–Crippen LogP) is 3.29. The highest BCUT2D eigenvalue weighted by Gasteiger charge is 2.07. The van der Waals surface area contributed by atoms with Crippen LogP contribution in [0.15, 0.2) is 30.5 Å². The van der Waals surface area contributed by atoms with Gasteiger partial charge in [0.1, 0.15) is 11.5 Å². The molecule has 0 saturated carbocycles. The standard InChI is InChI=1S/C15H17NO2/c1-10-4-5-14(11(2)6-10)18-15-7-12(3)16-8-13(15)9-17/h4-8,17H,9H2,1-3H3. The average molecular weight is 243 g/mol. The Morgan fingerprint density at radius 3 is 2.56 bits per heavy atom. The van der Waals surface area contributed by atoms with Crippen LogP contribution in [0.25, 0.3) is 0 Å². The molecule has 94 valence electrons. The summed E-state index contributed by atoms with van der Waals surface area (Å²) in [6.07, 6.45) is 1.65. The van der Waals surface area contributed by atoms with Crippen LogP contribution in [-0.4, -0.2) is 10.1 Å². The van der Waals surface area contributed by atoms with Gasteiger partial charge in [-0.25, -0.2) is 0 Å². The van der Waals surface area contributed by atoms with Crippen molar-refractivity contribution in [3.8, 4) is 11.5 Å². The number of aliphatic hydroxyl groups is 1. The molecule has 0 spiro atoms. The maximum atomic E-state index is 9.28. The lowest BCUT2D eigenvalue weighted by Gasteiger charge is -2.12. The van der Waals surface area contributed by atoms with Crippen LogP contribution < -0.4 is 4.74 Å². The first kappa shape index (κ1) is 12.6. The van der Waals surface area contributed by atoms with Crippen molar-refractivity contribution in [1.82, 2.24) is 4.98 Å². The van der Waals surface area contributed by atoms with Crippen LogP contribution in [0, 0.1) is 20.8 Å². The Balaban J connectivity index is 2.36. The molecule has 1 heterocycles. The Bertz CT molecular complexity index is 564. The van der Waals surface area contributed by atoms with E-state index in [4.69, 9.17) is 4.74 Å². The molecule has 0 amide bonds. The van der Waals surface area contributed by atoms with Gasteiger partial charge in [-0.05, 0) is 32.4 Å². The fourth-order valence-electron chi connectivity index (χ4n) is 1.81. The summed E-state index contributed by atoms with van der Waals surface area (Å²) in [5.74, 6) is 1.47. The Morgan fingerprint density at radius 1 is 1.11 bits per heavy atom. The topological polar surface area (TPSA) is 42.4 Å². The van der Waals surface area contributed by atoms with Gasteiger partial charge in [0.2, 0.25) is 0 Å². The molecular weight excluding hydrogens is 226 g/mol. The number of ether oxygens (including phenoxy) is 1. The van der Waals surface area contributed by atoms with E-state index >= 15 is 0 Å². The van der Waals surface area contributed by atoms with E-state index in [0.29, 0.717) is 11.3 Å². The molecule has 0 aliphatic heterocycles. The molecule has 1 N–H and O–H groups in total. The number of benzene rings is 1. The molecule has 0 saturated heterocycles. The lowest BCUT2D eigenvalue weighted by molar-refractivity contribution is 0.276. The fraction of sp³-hybridized carbons (Fsp3) is 0.267. The van der Waals surface area contributed by atoms with E-state index in [2.05, 4.69) is 11.1 Å². The summed E-state index contributed by atoms with van der Waals surface area (Å²) in [5.41, 5.74) is 3.84. The molecule has 0 aliphatic carbocycles. The van der Waals surface area contributed by atoms with Crippen molar-refractivity contribution < 1.29 is 9.84 Å². The molecule has 1 aromatic carbocycles. The maximum absolute atomic E-state index is 9.28. The molecule has 18 heavy (non-hydrogen) atoms. The minimum absolute atomic E-state index is 0.0759. The molecule has 0 bridgehead atoms. The minimum atomic E-state index is -0.0759. The quantitative estimate of drug-likeness (QED) is 0.899. The van der Waals surface area contributed by atoms with Crippen molar-refractivity contribution in [1.29, 1.82) is 0 Å². The second kappa shape index (κ2) is 5.19. The van der Waals surface area contributed by atoms with E-state index in [1.807, 2.05) is 39.0 Å². The third-order valence-corrected chi connectivity index (χ3v) is 2.80. The SMILES string of the molecule is Cc1ccc(Oc2cc(C)ncc2CO)c(C)c1. The number of aryl methyl sites for hydroxylation is 3. The van der Waals surface area contributed by atoms with Crippen LogP contribution >= 0.6 is 0 Å². The number of rotatable bonds is 3. The first-order chi connectivity index (χ1) is 8.60. The summed E-state index contributed by atoms with van der Waals surface area (Å²) in [7, 11) is 0. The molecule has 0 aliphatic rings. The van der Waals surface area contributed by atoms with E-state index in [1.165, 1.54) is 5.56 Å². The molecule has 0 fully saturated rings. The number of aromatic nitrogens is 1. The van der Waals surface area contributed by atoms with Gasteiger partial charge in [0.25, 0.3) is 0 Å². The average Bonchev–Trinajstić information content (AvgIpc) is 2.33. The van der Waals surface area contributed by atoms with Crippen molar-refractivity contribution in [2.75, 3.05) is 0 Å². The first-order valence-electron chi connectivity index (χ1n) is 5.91. The van der Waals surface area contributed by atoms with Gasteiger partial charge in [-0.1, -0.05) is 17.7 Å². The molecule has 2 rings (SSSR count). The third kappa shape index (κ3) is 2.68. The van der Waals surface area contributed by atoms with Crippen LogP contribution in [0.3, 0.4) is 0 Å². The van der Waals surface area contributed by atoms with Gasteiger partial charge in [-0.3, -0.25) is 4.98 Å². The Labute approximate surface area is 107 Å². The predicted molar refractivity (Wildman–Crippen MR) is 70.9 cm³/mol. The molecule has 0 atom stereocenters. The second-order valence-corrected chi connectivity index (χ2v) is 4.46. The number of hydrogen-bond donors (Lipinski definition) is 1. The number of aliphatic hydroxyl groups excluding tert-OH is 1. The van der Waals surface area contributed by atoms with Gasteiger partial charge in [0.15, 0.2) is 0 Å². The number of hydrogen-bond acceptors (Lipinski definition) is 3. The Morgan fingerprint density at radius 2 is 1.89 bits per heavy atom. The highest BCUT2D eigenvalue weighted by molar-refractivity contribution is 5.42. The van der Waals surface area contributed by atoms with E-state index in [0.717, 1.165) is 17.0 Å². The molecule has 3 nitrogen and oxygen atoms in total. The van der Waals surface area contributed by atoms with Crippen LogP contribution in [0.1, 0.15) is 22.4 Å². The zero-order valence-electron chi connectivity index (χ0n) is 10.9. The van der Waals surface area contributed by atoms with Crippen LogP contribution in [0.2, 0.25) is 0 Å². The van der Waals surface area contributed by atoms with Crippen molar-refractivity contribution in [2.45, 2.75) is 27.4 Å². The van der Waals surface area contributed by atoms with Crippen LogP contribution in [0.4, 0.5) is 0 Å². The van der Waals surface area contributed by atoms with Gasteiger partial charge in [0.05, 0.1) is 6.61 Å². The van der Waals surface area contributed by atoms with Crippen molar-refractivity contribution >= 4 is 0 Å². The maximum Gasteiger partial charge on any atom is 0.136 e. The van der Waals surface area contributed by atoms with E-state index < -0.39 is 0 Å². The summed E-state index contributed by atoms with van der Waals surface area (Å²) in [6.45, 7) is 5.88. The monoisotopic (exact) mass is 243 g/mol. The Hall–Kier alpha value is -1.87. The summed E-state index contributed by atoms with van der Waals surface area (Å²) >= 11 is 0. The first-order valence-corrected chi connectivity index (χ1v) is 5.91. The minimum Gasteiger partial charge on any atom is -0.457 e. The molecule has 0 unspecified atom stereocenters. The van der Waals surface area contributed by atoms with Crippen LogP contribution in [-0.2, 0) is 6.61 Å². The molecule has 3 heteroatoms. The van der Waals surface area contributed by atoms with Gasteiger partial charge in [0, 0.05) is 23.5 Å².